The number of hydrogen-bond acceptors (Lipinski definition) is 5. The van der Waals surface area contributed by atoms with Crippen LogP contribution in [0.1, 0.15) is 43.9 Å². The van der Waals surface area contributed by atoms with Gasteiger partial charge in [0.1, 0.15) is 5.75 Å². The lowest BCUT2D eigenvalue weighted by atomic mass is 9.92. The molecular weight excluding hydrogens is 396 g/mol. The van der Waals surface area contributed by atoms with E-state index in [2.05, 4.69) is 22.0 Å². The van der Waals surface area contributed by atoms with Gasteiger partial charge >= 0.3 is 0 Å². The molecule has 1 aliphatic heterocycles. The van der Waals surface area contributed by atoms with Crippen molar-refractivity contribution in [3.05, 3.63) is 52.8 Å². The first-order chi connectivity index (χ1) is 13.2. The van der Waals surface area contributed by atoms with Gasteiger partial charge in [0.15, 0.2) is 9.84 Å². The molecule has 0 aliphatic carbocycles. The predicted octanol–water partition coefficient (Wildman–Crippen LogP) is 4.31. The summed E-state index contributed by atoms with van der Waals surface area (Å²) < 4.78 is 29.9. The Morgan fingerprint density at radius 1 is 1.21 bits per heavy atom. The number of sulfone groups is 1. The van der Waals surface area contributed by atoms with Crippen LogP contribution in [0.15, 0.2) is 41.4 Å². The lowest BCUT2D eigenvalue weighted by molar-refractivity contribution is 0.202. The van der Waals surface area contributed by atoms with Gasteiger partial charge in [0.05, 0.1) is 21.7 Å². The van der Waals surface area contributed by atoms with Crippen molar-refractivity contribution < 1.29 is 13.2 Å². The Morgan fingerprint density at radius 2 is 1.86 bits per heavy atom. The number of rotatable bonds is 6. The fourth-order valence-corrected chi connectivity index (χ4v) is 4.77. The molecule has 0 bridgehead atoms. The van der Waals surface area contributed by atoms with E-state index in [9.17, 15) is 8.42 Å². The first-order valence-corrected chi connectivity index (χ1v) is 11.8. The number of ether oxygens (including phenoxy) is 1. The minimum atomic E-state index is -3.35. The summed E-state index contributed by atoms with van der Waals surface area (Å²) in [7, 11) is -3.35. The summed E-state index contributed by atoms with van der Waals surface area (Å²) in [4.78, 5) is 7.02. The summed E-state index contributed by atoms with van der Waals surface area (Å²) in [5, 5.41) is 0.353. The molecule has 0 unspecified atom stereocenters. The topological polar surface area (TPSA) is 59.5 Å². The molecule has 0 amide bonds. The Bertz CT molecular complexity index is 906. The molecule has 2 aromatic rings. The SMILES string of the molecule is CC(C)Oc1ccc(CN2CCC(c3ncc(Cl)cc3S(C)(=O)=O)CC2)cc1. The highest BCUT2D eigenvalue weighted by atomic mass is 35.5. The minimum Gasteiger partial charge on any atom is -0.491 e. The average Bonchev–Trinajstić information content (AvgIpc) is 2.63. The van der Waals surface area contributed by atoms with Gasteiger partial charge in [-0.25, -0.2) is 8.42 Å². The van der Waals surface area contributed by atoms with Gasteiger partial charge < -0.3 is 4.74 Å². The van der Waals surface area contributed by atoms with Gasteiger partial charge in [-0.1, -0.05) is 23.7 Å². The zero-order valence-electron chi connectivity index (χ0n) is 16.6. The van der Waals surface area contributed by atoms with Crippen molar-refractivity contribution in [3.8, 4) is 5.75 Å². The van der Waals surface area contributed by atoms with Gasteiger partial charge in [-0.05, 0) is 63.5 Å². The number of piperidine rings is 1. The zero-order valence-corrected chi connectivity index (χ0v) is 18.1. The number of nitrogens with zero attached hydrogens (tertiary/aromatic N) is 2. The fourth-order valence-electron chi connectivity index (χ4n) is 3.60. The monoisotopic (exact) mass is 422 g/mol. The number of benzene rings is 1. The average molecular weight is 423 g/mol. The highest BCUT2D eigenvalue weighted by Crippen LogP contribution is 2.32. The van der Waals surface area contributed by atoms with Crippen LogP contribution in [-0.4, -0.2) is 43.8 Å². The molecule has 152 valence electrons. The van der Waals surface area contributed by atoms with E-state index >= 15 is 0 Å². The normalized spacial score (nSPS) is 16.5. The van der Waals surface area contributed by atoms with Crippen LogP contribution >= 0.6 is 11.6 Å². The Balaban J connectivity index is 1.62. The Morgan fingerprint density at radius 3 is 2.43 bits per heavy atom. The lowest BCUT2D eigenvalue weighted by Crippen LogP contribution is -2.33. The van der Waals surface area contributed by atoms with E-state index in [4.69, 9.17) is 16.3 Å². The van der Waals surface area contributed by atoms with Crippen LogP contribution in [0.4, 0.5) is 0 Å². The van der Waals surface area contributed by atoms with E-state index in [1.54, 1.807) is 6.20 Å². The van der Waals surface area contributed by atoms with Crippen molar-refractivity contribution in [2.45, 2.75) is 50.2 Å². The van der Waals surface area contributed by atoms with E-state index in [-0.39, 0.29) is 16.9 Å². The molecule has 3 rings (SSSR count). The third kappa shape index (κ3) is 5.46. The second-order valence-corrected chi connectivity index (χ2v) is 10.1. The molecule has 0 atom stereocenters. The van der Waals surface area contributed by atoms with Gasteiger partial charge in [-0.3, -0.25) is 9.88 Å². The summed E-state index contributed by atoms with van der Waals surface area (Å²) in [6.45, 7) is 6.72. The van der Waals surface area contributed by atoms with Gasteiger partial charge in [-0.2, -0.15) is 0 Å². The molecule has 1 aromatic carbocycles. The van der Waals surface area contributed by atoms with E-state index in [1.807, 2.05) is 26.0 Å². The van der Waals surface area contributed by atoms with Crippen LogP contribution in [0.2, 0.25) is 5.02 Å². The fraction of sp³-hybridized carbons (Fsp3) is 0.476. The molecule has 0 spiro atoms. The second-order valence-electron chi connectivity index (χ2n) is 7.67. The van der Waals surface area contributed by atoms with Crippen LogP contribution in [0, 0.1) is 0 Å². The molecule has 1 aliphatic rings. The van der Waals surface area contributed by atoms with Gasteiger partial charge in [0, 0.05) is 24.9 Å². The third-order valence-electron chi connectivity index (χ3n) is 4.92. The molecule has 2 heterocycles. The lowest BCUT2D eigenvalue weighted by Gasteiger charge is -2.32. The maximum atomic E-state index is 12.1. The number of aromatic nitrogens is 1. The summed E-state index contributed by atoms with van der Waals surface area (Å²) in [6.07, 6.45) is 4.69. The quantitative estimate of drug-likeness (QED) is 0.694. The van der Waals surface area contributed by atoms with E-state index in [0.717, 1.165) is 38.2 Å². The molecule has 7 heteroatoms. The van der Waals surface area contributed by atoms with Crippen molar-refractivity contribution in [2.75, 3.05) is 19.3 Å². The zero-order chi connectivity index (χ0) is 20.3. The Hall–Kier alpha value is -1.63. The van der Waals surface area contributed by atoms with Gasteiger partial charge in [0.2, 0.25) is 0 Å². The summed E-state index contributed by atoms with van der Waals surface area (Å²) >= 11 is 5.97. The van der Waals surface area contributed by atoms with Crippen LogP contribution in [-0.2, 0) is 16.4 Å². The summed E-state index contributed by atoms with van der Waals surface area (Å²) in [5.74, 6) is 1.03. The maximum Gasteiger partial charge on any atom is 0.177 e. The number of likely N-dealkylation sites (tertiary alicyclic amines) is 1. The smallest absolute Gasteiger partial charge is 0.177 e. The highest BCUT2D eigenvalue weighted by Gasteiger charge is 2.27. The third-order valence-corrected chi connectivity index (χ3v) is 6.26. The number of pyridine rings is 1. The van der Waals surface area contributed by atoms with Crippen molar-refractivity contribution >= 4 is 21.4 Å². The molecule has 1 fully saturated rings. The first kappa shape index (κ1) is 21.1. The first-order valence-electron chi connectivity index (χ1n) is 9.56. The summed E-state index contributed by atoms with van der Waals surface area (Å²) in [6, 6.07) is 9.75. The standard InChI is InChI=1S/C21H27ClN2O3S/c1-15(2)27-19-6-4-16(5-7-19)14-24-10-8-17(9-11-24)21-20(28(3,25)26)12-18(22)13-23-21/h4-7,12-13,15,17H,8-11,14H2,1-3H3. The van der Waals surface area contributed by atoms with E-state index in [1.165, 1.54) is 17.9 Å². The van der Waals surface area contributed by atoms with Crippen molar-refractivity contribution in [2.24, 2.45) is 0 Å². The van der Waals surface area contributed by atoms with Gasteiger partial charge in [-0.15, -0.1) is 0 Å². The van der Waals surface area contributed by atoms with Crippen LogP contribution in [0.5, 0.6) is 5.75 Å². The largest absolute Gasteiger partial charge is 0.491 e. The predicted molar refractivity (Wildman–Crippen MR) is 112 cm³/mol. The Labute approximate surface area is 172 Å². The molecule has 0 N–H and O–H groups in total. The molecule has 28 heavy (non-hydrogen) atoms. The second kappa shape index (κ2) is 8.80. The molecule has 0 saturated carbocycles. The van der Waals surface area contributed by atoms with Crippen LogP contribution in [0.3, 0.4) is 0 Å². The van der Waals surface area contributed by atoms with Crippen molar-refractivity contribution in [1.82, 2.24) is 9.88 Å². The molecule has 1 aromatic heterocycles. The molecule has 1 saturated heterocycles. The number of hydrogen-bond donors (Lipinski definition) is 0. The Kier molecular flexibility index (Phi) is 6.63. The minimum absolute atomic E-state index is 0.139. The van der Waals surface area contributed by atoms with Crippen LogP contribution in [0.25, 0.3) is 0 Å². The molecule has 5 nitrogen and oxygen atoms in total. The van der Waals surface area contributed by atoms with Crippen LogP contribution < -0.4 is 4.74 Å². The summed E-state index contributed by atoms with van der Waals surface area (Å²) in [5.41, 5.74) is 1.90. The molecular formula is C21H27ClN2O3S. The highest BCUT2D eigenvalue weighted by molar-refractivity contribution is 7.90. The van der Waals surface area contributed by atoms with Crippen molar-refractivity contribution in [1.29, 1.82) is 0 Å². The van der Waals surface area contributed by atoms with Crippen molar-refractivity contribution in [3.63, 3.8) is 0 Å². The maximum absolute atomic E-state index is 12.1. The van der Waals surface area contributed by atoms with E-state index < -0.39 is 9.84 Å². The van der Waals surface area contributed by atoms with E-state index in [0.29, 0.717) is 10.7 Å². The number of halogens is 1. The van der Waals surface area contributed by atoms with Gasteiger partial charge in [0.25, 0.3) is 0 Å². The molecule has 0 radical (unpaired) electrons.